The quantitative estimate of drug-likeness (QED) is 0.783. The number of hydrogen-bond acceptors (Lipinski definition) is 4. The minimum atomic E-state index is -0.444. The van der Waals surface area contributed by atoms with Crippen molar-refractivity contribution in [3.8, 4) is 0 Å². The largest absolute Gasteiger partial charge is 0.338 e. The van der Waals surface area contributed by atoms with E-state index in [4.69, 9.17) is 0 Å². The fourth-order valence-corrected chi connectivity index (χ4v) is 4.54. The summed E-state index contributed by atoms with van der Waals surface area (Å²) in [6.07, 6.45) is 9.43. The van der Waals surface area contributed by atoms with Gasteiger partial charge < -0.3 is 9.80 Å². The molecule has 4 heterocycles. The van der Waals surface area contributed by atoms with Gasteiger partial charge in [-0.15, -0.1) is 11.3 Å². The van der Waals surface area contributed by atoms with E-state index in [-0.39, 0.29) is 11.8 Å². The maximum absolute atomic E-state index is 13.1. The monoisotopic (exact) mass is 367 g/mol. The van der Waals surface area contributed by atoms with E-state index in [1.807, 2.05) is 45.5 Å². The second-order valence-electron chi connectivity index (χ2n) is 6.91. The van der Waals surface area contributed by atoms with Crippen molar-refractivity contribution in [1.82, 2.24) is 9.88 Å². The summed E-state index contributed by atoms with van der Waals surface area (Å²) in [7, 11) is 0. The van der Waals surface area contributed by atoms with Crippen LogP contribution in [0.4, 0.5) is 5.69 Å². The summed E-state index contributed by atoms with van der Waals surface area (Å²) in [5, 5.41) is 1.99. The van der Waals surface area contributed by atoms with Gasteiger partial charge in [0.15, 0.2) is 0 Å². The normalized spacial score (nSPS) is 23.3. The molecule has 1 unspecified atom stereocenters. The number of rotatable bonds is 3. The minimum Gasteiger partial charge on any atom is -0.338 e. The molecule has 5 nitrogen and oxygen atoms in total. The van der Waals surface area contributed by atoms with Crippen LogP contribution in [0.15, 0.2) is 48.1 Å². The highest BCUT2D eigenvalue weighted by Gasteiger charge is 2.49. The van der Waals surface area contributed by atoms with Gasteiger partial charge in [0.2, 0.25) is 11.8 Å². The number of likely N-dealkylation sites (tertiary alicyclic amines) is 1. The fourth-order valence-electron chi connectivity index (χ4n) is 3.92. The average Bonchev–Trinajstić information content (AvgIpc) is 3.30. The van der Waals surface area contributed by atoms with Crippen molar-refractivity contribution in [2.24, 2.45) is 5.41 Å². The zero-order valence-corrected chi connectivity index (χ0v) is 15.3. The number of pyridine rings is 1. The number of aromatic nitrogens is 1. The molecule has 2 saturated heterocycles. The summed E-state index contributed by atoms with van der Waals surface area (Å²) in [6, 6.07) is 7.71. The van der Waals surface area contributed by atoms with E-state index in [2.05, 4.69) is 4.98 Å². The van der Waals surface area contributed by atoms with Crippen molar-refractivity contribution >= 4 is 34.9 Å². The van der Waals surface area contributed by atoms with Crippen LogP contribution in [0.3, 0.4) is 0 Å². The lowest BCUT2D eigenvalue weighted by molar-refractivity contribution is -0.135. The zero-order valence-electron chi connectivity index (χ0n) is 14.5. The molecular weight excluding hydrogens is 346 g/mol. The number of hydrogen-bond donors (Lipinski definition) is 0. The van der Waals surface area contributed by atoms with Crippen LogP contribution in [-0.4, -0.2) is 41.3 Å². The minimum absolute atomic E-state index is 0.00916. The maximum Gasteiger partial charge on any atom is 0.246 e. The molecule has 2 amide bonds. The highest BCUT2D eigenvalue weighted by atomic mass is 32.1. The van der Waals surface area contributed by atoms with E-state index >= 15 is 0 Å². The number of amides is 2. The third kappa shape index (κ3) is 3.17. The summed E-state index contributed by atoms with van der Waals surface area (Å²) >= 11 is 1.60. The first-order chi connectivity index (χ1) is 12.7. The van der Waals surface area contributed by atoms with Gasteiger partial charge in [0, 0.05) is 36.8 Å². The predicted octanol–water partition coefficient (Wildman–Crippen LogP) is 3.20. The molecule has 26 heavy (non-hydrogen) atoms. The van der Waals surface area contributed by atoms with Gasteiger partial charge in [-0.2, -0.15) is 0 Å². The first-order valence-electron chi connectivity index (χ1n) is 8.90. The standard InChI is InChI=1S/C20H21N3O2S/c24-18(7-6-17-5-2-13-26-17)22-11-3-8-20(15-22)9-12-23(19(20)25)16-4-1-10-21-14-16/h1-2,4-7,10,13-14H,3,8-9,11-12,15H2/b7-6+. The van der Waals surface area contributed by atoms with Crippen LogP contribution in [0, 0.1) is 5.41 Å². The van der Waals surface area contributed by atoms with Crippen molar-refractivity contribution in [3.63, 3.8) is 0 Å². The van der Waals surface area contributed by atoms with Crippen LogP contribution in [0.1, 0.15) is 24.1 Å². The Bertz CT molecular complexity index is 819. The highest BCUT2D eigenvalue weighted by molar-refractivity contribution is 7.10. The van der Waals surface area contributed by atoms with Crippen LogP contribution in [-0.2, 0) is 9.59 Å². The van der Waals surface area contributed by atoms with Crippen molar-refractivity contribution in [3.05, 3.63) is 53.0 Å². The Hall–Kier alpha value is -2.47. The van der Waals surface area contributed by atoms with Crippen LogP contribution in [0.2, 0.25) is 0 Å². The number of piperidine rings is 1. The number of anilines is 1. The second-order valence-corrected chi connectivity index (χ2v) is 7.89. The molecule has 2 aromatic rings. The predicted molar refractivity (Wildman–Crippen MR) is 103 cm³/mol. The van der Waals surface area contributed by atoms with E-state index in [9.17, 15) is 9.59 Å². The molecule has 0 bridgehead atoms. The Morgan fingerprint density at radius 2 is 2.15 bits per heavy atom. The lowest BCUT2D eigenvalue weighted by Crippen LogP contribution is -2.49. The van der Waals surface area contributed by atoms with Gasteiger partial charge in [-0.25, -0.2) is 0 Å². The van der Waals surface area contributed by atoms with Gasteiger partial charge in [-0.1, -0.05) is 6.07 Å². The van der Waals surface area contributed by atoms with Gasteiger partial charge in [-0.3, -0.25) is 14.6 Å². The van der Waals surface area contributed by atoms with Crippen molar-refractivity contribution in [2.45, 2.75) is 19.3 Å². The van der Waals surface area contributed by atoms with Crippen molar-refractivity contribution in [2.75, 3.05) is 24.5 Å². The van der Waals surface area contributed by atoms with Crippen LogP contribution < -0.4 is 4.90 Å². The van der Waals surface area contributed by atoms with Crippen LogP contribution in [0.25, 0.3) is 6.08 Å². The van der Waals surface area contributed by atoms with Crippen LogP contribution >= 0.6 is 11.3 Å². The summed E-state index contributed by atoms with van der Waals surface area (Å²) in [5.41, 5.74) is 0.399. The molecule has 0 N–H and O–H groups in total. The maximum atomic E-state index is 13.1. The molecule has 134 valence electrons. The Morgan fingerprint density at radius 1 is 1.23 bits per heavy atom. The molecule has 0 saturated carbocycles. The number of carbonyl (C=O) groups excluding carboxylic acids is 2. The smallest absolute Gasteiger partial charge is 0.246 e. The lowest BCUT2D eigenvalue weighted by Gasteiger charge is -2.38. The molecule has 1 spiro atoms. The molecule has 4 rings (SSSR count). The van der Waals surface area contributed by atoms with Gasteiger partial charge >= 0.3 is 0 Å². The van der Waals surface area contributed by atoms with Gasteiger partial charge in [0.25, 0.3) is 0 Å². The third-order valence-electron chi connectivity index (χ3n) is 5.29. The molecule has 0 aromatic carbocycles. The van der Waals surface area contributed by atoms with Crippen LogP contribution in [0.5, 0.6) is 0 Å². The van der Waals surface area contributed by atoms with Crippen molar-refractivity contribution < 1.29 is 9.59 Å². The molecule has 2 fully saturated rings. The Kier molecular flexibility index (Phi) is 4.59. The molecule has 2 aromatic heterocycles. The second kappa shape index (κ2) is 7.03. The third-order valence-corrected chi connectivity index (χ3v) is 6.13. The van der Waals surface area contributed by atoms with E-state index in [0.29, 0.717) is 13.1 Å². The first kappa shape index (κ1) is 17.0. The number of nitrogens with zero attached hydrogens (tertiary/aromatic N) is 3. The Labute approximate surface area is 157 Å². The van der Waals surface area contributed by atoms with E-state index in [0.717, 1.165) is 36.4 Å². The molecule has 1 atom stereocenters. The fraction of sp³-hybridized carbons (Fsp3) is 0.350. The lowest BCUT2D eigenvalue weighted by atomic mass is 9.78. The summed E-state index contributed by atoms with van der Waals surface area (Å²) < 4.78 is 0. The molecule has 2 aliphatic rings. The number of thiophene rings is 1. The van der Waals surface area contributed by atoms with Gasteiger partial charge in [-0.05, 0) is 48.9 Å². The Balaban J connectivity index is 1.48. The highest BCUT2D eigenvalue weighted by Crippen LogP contribution is 2.41. The molecule has 0 radical (unpaired) electrons. The first-order valence-corrected chi connectivity index (χ1v) is 9.78. The average molecular weight is 367 g/mol. The molecule has 0 aliphatic carbocycles. The zero-order chi connectivity index (χ0) is 18.0. The Morgan fingerprint density at radius 3 is 2.92 bits per heavy atom. The summed E-state index contributed by atoms with van der Waals surface area (Å²) in [5.74, 6) is 0.121. The SMILES string of the molecule is O=C(/C=C/c1cccs1)N1CCCC2(CCN(c3cccnc3)C2=O)C1. The number of carbonyl (C=O) groups is 2. The van der Waals surface area contributed by atoms with E-state index < -0.39 is 5.41 Å². The molecule has 2 aliphatic heterocycles. The summed E-state index contributed by atoms with van der Waals surface area (Å²) in [4.78, 5) is 34.6. The van der Waals surface area contributed by atoms with E-state index in [1.54, 1.807) is 29.8 Å². The molecule has 6 heteroatoms. The van der Waals surface area contributed by atoms with E-state index in [1.165, 1.54) is 0 Å². The van der Waals surface area contributed by atoms with Gasteiger partial charge in [0.1, 0.15) is 0 Å². The summed E-state index contributed by atoms with van der Waals surface area (Å²) in [6.45, 7) is 1.92. The van der Waals surface area contributed by atoms with Gasteiger partial charge in [0.05, 0.1) is 17.3 Å². The molecular formula is C20H21N3O2S. The topological polar surface area (TPSA) is 53.5 Å². The van der Waals surface area contributed by atoms with Crippen molar-refractivity contribution in [1.29, 1.82) is 0 Å².